The lowest BCUT2D eigenvalue weighted by molar-refractivity contribution is 0.405. The molecular weight excluding hydrogens is 500 g/mol. The lowest BCUT2D eigenvalue weighted by Crippen LogP contribution is -2.54. The molecule has 4 heterocycles. The van der Waals surface area contributed by atoms with E-state index in [4.69, 9.17) is 4.98 Å². The molecule has 10 nitrogen and oxygen atoms in total. The van der Waals surface area contributed by atoms with E-state index in [-0.39, 0.29) is 4.90 Å². The number of pyridine rings is 1. The Kier molecular flexibility index (Phi) is 6.84. The van der Waals surface area contributed by atoms with Crippen molar-refractivity contribution in [2.24, 2.45) is 0 Å². The van der Waals surface area contributed by atoms with E-state index in [0.29, 0.717) is 23.7 Å². The van der Waals surface area contributed by atoms with E-state index in [2.05, 4.69) is 44.1 Å². The molecule has 0 bridgehead atoms. The molecule has 5 rings (SSSR count). The largest absolute Gasteiger partial charge is 0.354 e. The smallest absolute Gasteiger partial charge is 0.241 e. The molecule has 3 N–H and O–H groups in total. The summed E-state index contributed by atoms with van der Waals surface area (Å²) in [6, 6.07) is 13.5. The summed E-state index contributed by atoms with van der Waals surface area (Å²) in [5.41, 5.74) is 1.74. The summed E-state index contributed by atoms with van der Waals surface area (Å²) < 4.78 is 29.9. The fourth-order valence-corrected chi connectivity index (χ4v) is 6.14. The number of sulfonamides is 1. The summed E-state index contributed by atoms with van der Waals surface area (Å²) in [4.78, 5) is 16.3. The van der Waals surface area contributed by atoms with E-state index in [0.717, 1.165) is 35.7 Å². The van der Waals surface area contributed by atoms with Gasteiger partial charge in [0.05, 0.1) is 16.8 Å². The molecule has 2 unspecified atom stereocenters. The summed E-state index contributed by atoms with van der Waals surface area (Å²) in [6.45, 7) is 11.6. The van der Waals surface area contributed by atoms with Crippen molar-refractivity contribution in [3.8, 4) is 5.69 Å². The highest BCUT2D eigenvalue weighted by atomic mass is 32.2. The van der Waals surface area contributed by atoms with Crippen LogP contribution in [0, 0.1) is 0 Å². The second-order valence-corrected chi connectivity index (χ2v) is 12.6. The predicted octanol–water partition coefficient (Wildman–Crippen LogP) is 3.82. The molecule has 0 aliphatic carbocycles. The van der Waals surface area contributed by atoms with E-state index in [1.54, 1.807) is 36.7 Å². The van der Waals surface area contributed by atoms with Gasteiger partial charge in [-0.3, -0.25) is 0 Å². The van der Waals surface area contributed by atoms with E-state index >= 15 is 0 Å². The quantitative estimate of drug-likeness (QED) is 0.342. The zero-order valence-corrected chi connectivity index (χ0v) is 23.1. The molecule has 200 valence electrons. The second kappa shape index (κ2) is 9.97. The van der Waals surface area contributed by atoms with Gasteiger partial charge in [-0.1, -0.05) is 0 Å². The van der Waals surface area contributed by atoms with Crippen molar-refractivity contribution >= 4 is 38.5 Å². The first-order chi connectivity index (χ1) is 18.0. The highest BCUT2D eigenvalue weighted by Gasteiger charge is 2.23. The van der Waals surface area contributed by atoms with Crippen molar-refractivity contribution in [3.05, 3.63) is 61.1 Å². The Labute approximate surface area is 223 Å². The van der Waals surface area contributed by atoms with Crippen LogP contribution in [0.15, 0.2) is 66.0 Å². The molecule has 1 fully saturated rings. The van der Waals surface area contributed by atoms with Gasteiger partial charge in [-0.15, -0.1) is 0 Å². The van der Waals surface area contributed by atoms with Crippen LogP contribution >= 0.6 is 0 Å². The Balaban J connectivity index is 1.34. The number of hydrogen-bond donors (Lipinski definition) is 3. The monoisotopic (exact) mass is 534 g/mol. The van der Waals surface area contributed by atoms with Crippen molar-refractivity contribution in [1.29, 1.82) is 0 Å². The summed E-state index contributed by atoms with van der Waals surface area (Å²) in [6.07, 6.45) is 5.45. The van der Waals surface area contributed by atoms with Crippen LogP contribution in [-0.2, 0) is 10.0 Å². The van der Waals surface area contributed by atoms with E-state index in [9.17, 15) is 8.42 Å². The first-order valence-electron chi connectivity index (χ1n) is 12.7. The van der Waals surface area contributed by atoms with Gasteiger partial charge in [-0.2, -0.15) is 4.98 Å². The fraction of sp³-hybridized carbons (Fsp3) is 0.370. The van der Waals surface area contributed by atoms with Gasteiger partial charge in [0.25, 0.3) is 0 Å². The van der Waals surface area contributed by atoms with E-state index < -0.39 is 15.6 Å². The number of hydrogen-bond acceptors (Lipinski definition) is 8. The Morgan fingerprint density at radius 1 is 0.947 bits per heavy atom. The zero-order valence-electron chi connectivity index (χ0n) is 22.3. The van der Waals surface area contributed by atoms with Gasteiger partial charge in [0.15, 0.2) is 0 Å². The van der Waals surface area contributed by atoms with Gasteiger partial charge in [0.1, 0.15) is 11.5 Å². The number of nitrogens with zero attached hydrogens (tertiary/aromatic N) is 5. The van der Waals surface area contributed by atoms with Crippen molar-refractivity contribution in [2.75, 3.05) is 23.3 Å². The SMILES string of the molecule is CC1CN(c2ccc(Nc3ncc4ccn(-c5ccc(S(=O)(=O)NC(C)(C)C)cc5)c4n3)cn2)CC(C)N1. The second-order valence-electron chi connectivity index (χ2n) is 10.9. The molecule has 1 aliphatic rings. The molecule has 4 aromatic rings. The van der Waals surface area contributed by atoms with Crippen LogP contribution in [0.25, 0.3) is 16.7 Å². The van der Waals surface area contributed by atoms with Gasteiger partial charge in [-0.25, -0.2) is 23.1 Å². The van der Waals surface area contributed by atoms with Crippen LogP contribution in [0.1, 0.15) is 34.6 Å². The van der Waals surface area contributed by atoms with Gasteiger partial charge < -0.3 is 20.1 Å². The number of fused-ring (bicyclic) bond motifs is 1. The number of rotatable bonds is 6. The minimum Gasteiger partial charge on any atom is -0.354 e. The minimum absolute atomic E-state index is 0.213. The van der Waals surface area contributed by atoms with Crippen molar-refractivity contribution < 1.29 is 8.42 Å². The molecule has 11 heteroatoms. The molecular formula is C27H34N8O2S. The number of nitrogens with one attached hydrogen (secondary N) is 3. The average molecular weight is 535 g/mol. The highest BCUT2D eigenvalue weighted by molar-refractivity contribution is 7.89. The lowest BCUT2D eigenvalue weighted by atomic mass is 10.1. The van der Waals surface area contributed by atoms with Crippen LogP contribution in [-0.4, -0.2) is 58.6 Å². The van der Waals surface area contributed by atoms with Gasteiger partial charge >= 0.3 is 0 Å². The third-order valence-electron chi connectivity index (χ3n) is 6.18. The van der Waals surface area contributed by atoms with Gasteiger partial charge in [-0.05, 0) is 77.1 Å². The van der Waals surface area contributed by atoms with Crippen LogP contribution in [0.2, 0.25) is 0 Å². The Morgan fingerprint density at radius 3 is 2.29 bits per heavy atom. The van der Waals surface area contributed by atoms with E-state index in [1.807, 2.05) is 49.7 Å². The topological polar surface area (TPSA) is 117 Å². The maximum absolute atomic E-state index is 12.7. The van der Waals surface area contributed by atoms with Crippen LogP contribution < -0.4 is 20.3 Å². The molecule has 1 saturated heterocycles. The first kappa shape index (κ1) is 26.1. The Bertz CT molecular complexity index is 1520. The molecule has 0 saturated carbocycles. The molecule has 0 spiro atoms. The average Bonchev–Trinajstić information content (AvgIpc) is 3.26. The minimum atomic E-state index is -3.61. The molecule has 1 aromatic carbocycles. The maximum atomic E-state index is 12.7. The third kappa shape index (κ3) is 5.79. The molecule has 0 radical (unpaired) electrons. The number of benzene rings is 1. The number of piperazine rings is 1. The Morgan fingerprint density at radius 2 is 1.66 bits per heavy atom. The summed E-state index contributed by atoms with van der Waals surface area (Å²) in [7, 11) is -3.61. The van der Waals surface area contributed by atoms with Gasteiger partial charge in [0.2, 0.25) is 16.0 Å². The third-order valence-corrected chi connectivity index (χ3v) is 7.95. The van der Waals surface area contributed by atoms with E-state index in [1.165, 1.54) is 0 Å². The van der Waals surface area contributed by atoms with Gasteiger partial charge in [0, 0.05) is 54.2 Å². The fourth-order valence-electron chi connectivity index (χ4n) is 4.72. The highest BCUT2D eigenvalue weighted by Crippen LogP contribution is 2.23. The summed E-state index contributed by atoms with van der Waals surface area (Å²) >= 11 is 0. The molecule has 3 aromatic heterocycles. The normalized spacial score (nSPS) is 18.6. The summed E-state index contributed by atoms with van der Waals surface area (Å²) in [5, 5.41) is 7.66. The summed E-state index contributed by atoms with van der Waals surface area (Å²) in [5.74, 6) is 1.40. The molecule has 38 heavy (non-hydrogen) atoms. The lowest BCUT2D eigenvalue weighted by Gasteiger charge is -2.36. The number of anilines is 3. The molecule has 2 atom stereocenters. The molecule has 1 aliphatic heterocycles. The van der Waals surface area contributed by atoms with Crippen molar-refractivity contribution in [1.82, 2.24) is 29.6 Å². The Hall–Kier alpha value is -3.54. The standard InChI is InChI=1S/C27H34N8O2S/c1-18-16-34(17-19(2)30-18)24-11-6-21(15-28-24)31-26-29-14-20-12-13-35(25(20)32-26)22-7-9-23(10-8-22)38(36,37)33-27(3,4)5/h6-15,18-19,30,33H,16-17H2,1-5H3,(H,29,31,32). The zero-order chi connectivity index (χ0) is 27.1. The van der Waals surface area contributed by atoms with Crippen molar-refractivity contribution in [2.45, 2.75) is 57.1 Å². The maximum Gasteiger partial charge on any atom is 0.241 e. The van der Waals surface area contributed by atoms with Crippen LogP contribution in [0.4, 0.5) is 17.5 Å². The predicted molar refractivity (Wildman–Crippen MR) is 151 cm³/mol. The first-order valence-corrected chi connectivity index (χ1v) is 14.2. The van der Waals surface area contributed by atoms with Crippen LogP contribution in [0.3, 0.4) is 0 Å². The molecule has 0 amide bonds. The van der Waals surface area contributed by atoms with Crippen molar-refractivity contribution in [3.63, 3.8) is 0 Å². The number of aromatic nitrogens is 4. The van der Waals surface area contributed by atoms with Crippen LogP contribution in [0.5, 0.6) is 0 Å².